The molecule has 0 saturated carbocycles. The van der Waals surface area contributed by atoms with Crippen LogP contribution in [0.2, 0.25) is 0 Å². The molecule has 2 aromatic heterocycles. The highest BCUT2D eigenvalue weighted by Crippen LogP contribution is 2.21. The van der Waals surface area contributed by atoms with Gasteiger partial charge in [-0.05, 0) is 36.4 Å². The van der Waals surface area contributed by atoms with Gasteiger partial charge in [-0.2, -0.15) is 5.10 Å². The highest BCUT2D eigenvalue weighted by atomic mass is 19.1. The van der Waals surface area contributed by atoms with E-state index in [0.717, 1.165) is 0 Å². The Kier molecular flexibility index (Phi) is 5.38. The number of para-hydroxylation sites is 2. The second-order valence-electron chi connectivity index (χ2n) is 6.43. The molecule has 0 spiro atoms. The molecule has 0 fully saturated rings. The van der Waals surface area contributed by atoms with Crippen molar-refractivity contribution in [1.29, 1.82) is 0 Å². The smallest absolute Gasteiger partial charge is 0.257 e. The fraction of sp³-hybridized carbons (Fsp3) is 0.0455. The number of nitrogens with zero attached hydrogens (tertiary/aromatic N) is 3. The summed E-state index contributed by atoms with van der Waals surface area (Å²) in [4.78, 5) is 24.9. The van der Waals surface area contributed by atoms with Crippen LogP contribution in [-0.2, 0) is 4.79 Å². The predicted octanol–water partition coefficient (Wildman–Crippen LogP) is 3.17. The molecule has 7 nitrogen and oxygen atoms in total. The van der Waals surface area contributed by atoms with Gasteiger partial charge in [-0.25, -0.2) is 9.07 Å². The number of rotatable bonds is 6. The highest BCUT2D eigenvalue weighted by Gasteiger charge is 2.21. The summed E-state index contributed by atoms with van der Waals surface area (Å²) in [5.41, 5.74) is 1.06. The predicted molar refractivity (Wildman–Crippen MR) is 110 cm³/mol. The molecule has 0 saturated heterocycles. The fourth-order valence-corrected chi connectivity index (χ4v) is 3.01. The van der Waals surface area contributed by atoms with E-state index in [2.05, 4.69) is 15.7 Å². The molecular weight excluding hydrogens is 385 g/mol. The highest BCUT2D eigenvalue weighted by molar-refractivity contribution is 6.01. The minimum absolute atomic E-state index is 0.210. The second-order valence-corrected chi connectivity index (χ2v) is 6.43. The van der Waals surface area contributed by atoms with Crippen molar-refractivity contribution in [3.8, 4) is 11.5 Å². The van der Waals surface area contributed by atoms with Crippen LogP contribution in [0.4, 0.5) is 10.1 Å². The van der Waals surface area contributed by atoms with Crippen molar-refractivity contribution >= 4 is 17.5 Å². The van der Waals surface area contributed by atoms with Crippen LogP contribution in [0.1, 0.15) is 10.4 Å². The van der Waals surface area contributed by atoms with Crippen LogP contribution in [-0.4, -0.2) is 32.7 Å². The van der Waals surface area contributed by atoms with Crippen LogP contribution in [0.3, 0.4) is 0 Å². The van der Waals surface area contributed by atoms with Crippen molar-refractivity contribution in [2.24, 2.45) is 0 Å². The number of halogens is 1. The normalized spacial score (nSPS) is 10.6. The van der Waals surface area contributed by atoms with Gasteiger partial charge in [0.15, 0.2) is 5.82 Å². The Labute approximate surface area is 171 Å². The Balaban J connectivity index is 1.57. The van der Waals surface area contributed by atoms with Gasteiger partial charge >= 0.3 is 0 Å². The van der Waals surface area contributed by atoms with E-state index in [1.807, 2.05) is 6.07 Å². The van der Waals surface area contributed by atoms with E-state index in [1.54, 1.807) is 71.6 Å². The number of carbonyl (C=O) groups excluding carboxylic acids is 2. The summed E-state index contributed by atoms with van der Waals surface area (Å²) in [5, 5.41) is 9.50. The van der Waals surface area contributed by atoms with Gasteiger partial charge in [0.25, 0.3) is 5.91 Å². The zero-order valence-electron chi connectivity index (χ0n) is 15.8. The van der Waals surface area contributed by atoms with Crippen LogP contribution in [0.25, 0.3) is 11.5 Å². The zero-order chi connectivity index (χ0) is 20.9. The molecule has 8 heteroatoms. The summed E-state index contributed by atoms with van der Waals surface area (Å²) < 4.78 is 17.4. The Morgan fingerprint density at radius 1 is 0.933 bits per heavy atom. The third-order valence-corrected chi connectivity index (χ3v) is 4.39. The van der Waals surface area contributed by atoms with E-state index < -0.39 is 11.7 Å². The first-order valence-corrected chi connectivity index (χ1v) is 9.23. The minimum atomic E-state index is -0.496. The first kappa shape index (κ1) is 19.1. The fourth-order valence-electron chi connectivity index (χ4n) is 3.01. The maximum atomic E-state index is 14.3. The van der Waals surface area contributed by atoms with Gasteiger partial charge in [0.05, 0.1) is 12.7 Å². The number of nitrogens with one attached hydrogen (secondary N) is 2. The monoisotopic (exact) mass is 403 g/mol. The quantitative estimate of drug-likeness (QED) is 0.519. The molecule has 0 aliphatic carbocycles. The number of anilines is 1. The van der Waals surface area contributed by atoms with Crippen LogP contribution in [0.5, 0.6) is 0 Å². The molecule has 30 heavy (non-hydrogen) atoms. The molecule has 2 amide bonds. The topological polar surface area (TPSA) is 81.0 Å². The van der Waals surface area contributed by atoms with Crippen molar-refractivity contribution in [3.05, 3.63) is 96.7 Å². The molecule has 4 rings (SSSR count). The van der Waals surface area contributed by atoms with E-state index in [9.17, 15) is 14.0 Å². The first-order chi connectivity index (χ1) is 14.6. The van der Waals surface area contributed by atoms with Crippen molar-refractivity contribution in [2.75, 3.05) is 11.9 Å². The molecule has 0 aliphatic rings. The Hall–Kier alpha value is -4.20. The number of carbonyl (C=O) groups is 2. The molecule has 0 atom stereocenters. The van der Waals surface area contributed by atoms with E-state index in [1.165, 1.54) is 16.9 Å². The lowest BCUT2D eigenvalue weighted by atomic mass is 10.2. The Bertz CT molecular complexity index is 1170. The van der Waals surface area contributed by atoms with Gasteiger partial charge in [-0.15, -0.1) is 0 Å². The van der Waals surface area contributed by atoms with Gasteiger partial charge < -0.3 is 15.2 Å². The lowest BCUT2D eigenvalue weighted by molar-refractivity contribution is -0.115. The number of aromatic nitrogens is 3. The largest absolute Gasteiger partial charge is 0.343 e. The third-order valence-electron chi connectivity index (χ3n) is 4.39. The average Bonchev–Trinajstić information content (AvgIpc) is 3.43. The van der Waals surface area contributed by atoms with Crippen LogP contribution >= 0.6 is 0 Å². The third kappa shape index (κ3) is 3.97. The summed E-state index contributed by atoms with van der Waals surface area (Å²) in [7, 11) is 0. The molecule has 0 radical (unpaired) electrons. The Morgan fingerprint density at radius 3 is 2.37 bits per heavy atom. The summed E-state index contributed by atoms with van der Waals surface area (Å²) in [6, 6.07) is 18.7. The second kappa shape index (κ2) is 8.44. The molecule has 2 heterocycles. The maximum Gasteiger partial charge on any atom is 0.257 e. The lowest BCUT2D eigenvalue weighted by Gasteiger charge is -2.12. The van der Waals surface area contributed by atoms with Crippen molar-refractivity contribution < 1.29 is 14.0 Å². The molecule has 2 N–H and O–H groups in total. The molecular formula is C22H18FN5O2. The van der Waals surface area contributed by atoms with Crippen LogP contribution in [0, 0.1) is 5.82 Å². The van der Waals surface area contributed by atoms with Gasteiger partial charge in [0, 0.05) is 18.1 Å². The molecule has 0 bridgehead atoms. The lowest BCUT2D eigenvalue weighted by Crippen LogP contribution is -2.33. The van der Waals surface area contributed by atoms with E-state index in [4.69, 9.17) is 0 Å². The summed E-state index contributed by atoms with van der Waals surface area (Å²) in [6.07, 6.45) is 4.81. The van der Waals surface area contributed by atoms with Gasteiger partial charge in [-0.1, -0.05) is 30.3 Å². The molecule has 0 unspecified atom stereocenters. The number of hydrogen-bond acceptors (Lipinski definition) is 3. The SMILES string of the molecule is O=C(CNC(=O)c1cnn(-c2ccccc2F)c1-n1cccc1)Nc1ccccc1. The van der Waals surface area contributed by atoms with Gasteiger partial charge in [0.2, 0.25) is 5.91 Å². The van der Waals surface area contributed by atoms with Crippen molar-refractivity contribution in [1.82, 2.24) is 19.7 Å². The standard InChI is InChI=1S/C22H18FN5O2/c23-18-10-4-5-11-19(18)28-22(27-12-6-7-13-27)17(14-25-28)21(30)24-15-20(29)26-16-8-2-1-3-9-16/h1-14H,15H2,(H,24,30)(H,26,29). The summed E-state index contributed by atoms with van der Waals surface area (Å²) in [6.45, 7) is -0.219. The molecule has 2 aromatic carbocycles. The van der Waals surface area contributed by atoms with Crippen molar-refractivity contribution in [3.63, 3.8) is 0 Å². The molecule has 150 valence electrons. The average molecular weight is 403 g/mol. The number of hydrogen-bond donors (Lipinski definition) is 2. The van der Waals surface area contributed by atoms with Gasteiger partial charge in [-0.3, -0.25) is 9.59 Å². The summed E-state index contributed by atoms with van der Waals surface area (Å²) in [5.74, 6) is -0.961. The van der Waals surface area contributed by atoms with E-state index >= 15 is 0 Å². The minimum Gasteiger partial charge on any atom is -0.343 e. The van der Waals surface area contributed by atoms with Crippen molar-refractivity contribution in [2.45, 2.75) is 0 Å². The Morgan fingerprint density at radius 2 is 1.63 bits per heavy atom. The number of benzene rings is 2. The van der Waals surface area contributed by atoms with Crippen LogP contribution < -0.4 is 10.6 Å². The first-order valence-electron chi connectivity index (χ1n) is 9.23. The van der Waals surface area contributed by atoms with Crippen LogP contribution in [0.15, 0.2) is 85.3 Å². The zero-order valence-corrected chi connectivity index (χ0v) is 15.8. The number of amides is 2. The summed E-state index contributed by atoms with van der Waals surface area (Å²) >= 11 is 0. The van der Waals surface area contributed by atoms with E-state index in [0.29, 0.717) is 11.5 Å². The van der Waals surface area contributed by atoms with Gasteiger partial charge in [0.1, 0.15) is 17.1 Å². The molecule has 4 aromatic rings. The van der Waals surface area contributed by atoms with E-state index in [-0.39, 0.29) is 23.7 Å². The maximum absolute atomic E-state index is 14.3. The molecule has 0 aliphatic heterocycles.